The molecule has 3 atom stereocenters. The van der Waals surface area contributed by atoms with Gasteiger partial charge in [-0.15, -0.1) is 0 Å². The van der Waals surface area contributed by atoms with Gasteiger partial charge in [0.05, 0.1) is 16.4 Å². The minimum absolute atomic E-state index is 0.337. The minimum Gasteiger partial charge on any atom is -0.459 e. The lowest BCUT2D eigenvalue weighted by Gasteiger charge is -2.27. The van der Waals surface area contributed by atoms with Gasteiger partial charge in [-0.2, -0.15) is 0 Å². The first-order valence-electron chi connectivity index (χ1n) is 11.4. The summed E-state index contributed by atoms with van der Waals surface area (Å²) >= 11 is 12.6. The summed E-state index contributed by atoms with van der Waals surface area (Å²) in [6, 6.07) is 24.6. The van der Waals surface area contributed by atoms with Gasteiger partial charge in [-0.05, 0) is 61.5 Å². The molecule has 0 unspecified atom stereocenters. The predicted octanol–water partition coefficient (Wildman–Crippen LogP) is 6.61. The Kier molecular flexibility index (Phi) is 5.60. The van der Waals surface area contributed by atoms with Crippen LogP contribution in [0, 0.1) is 12.8 Å². The molecule has 2 fully saturated rings. The standard InChI is InChI=1S/C28H20Cl2N2O4/c1-16-7-10-18(11-8-16)31-27(33)24-25(32(36-26(24)28(31)34)19-5-3-2-4-6-19)23-14-13-22(35-23)20-15-17(29)9-12-21(20)30/h2-15,24-26H,1H3/t24-,25+,26+/m1/s1. The lowest BCUT2D eigenvalue weighted by molar-refractivity contribution is -0.126. The van der Waals surface area contributed by atoms with Crippen molar-refractivity contribution in [2.75, 3.05) is 9.96 Å². The molecular formula is C28H20Cl2N2O4. The van der Waals surface area contributed by atoms with Gasteiger partial charge >= 0.3 is 0 Å². The molecule has 0 spiro atoms. The smallest absolute Gasteiger partial charge is 0.266 e. The zero-order valence-corrected chi connectivity index (χ0v) is 20.6. The van der Waals surface area contributed by atoms with Gasteiger partial charge in [0.2, 0.25) is 5.91 Å². The van der Waals surface area contributed by atoms with E-state index in [1.807, 2.05) is 49.4 Å². The fourth-order valence-electron chi connectivity index (χ4n) is 4.79. The van der Waals surface area contributed by atoms with E-state index in [9.17, 15) is 9.59 Å². The quantitative estimate of drug-likeness (QED) is 0.284. The second-order valence-electron chi connectivity index (χ2n) is 8.83. The summed E-state index contributed by atoms with van der Waals surface area (Å²) < 4.78 is 6.24. The highest BCUT2D eigenvalue weighted by Crippen LogP contribution is 2.48. The molecule has 2 aliphatic heterocycles. The average molecular weight is 519 g/mol. The Morgan fingerprint density at radius 2 is 1.56 bits per heavy atom. The van der Waals surface area contributed by atoms with Crippen LogP contribution in [-0.4, -0.2) is 17.9 Å². The number of fused-ring (bicyclic) bond motifs is 1. The van der Waals surface area contributed by atoms with Crippen LogP contribution in [0.2, 0.25) is 10.0 Å². The van der Waals surface area contributed by atoms with Gasteiger partial charge < -0.3 is 4.42 Å². The summed E-state index contributed by atoms with van der Waals surface area (Å²) in [6.45, 7) is 1.95. The Balaban J connectivity index is 1.43. The van der Waals surface area contributed by atoms with E-state index in [4.69, 9.17) is 32.5 Å². The number of hydrogen-bond acceptors (Lipinski definition) is 5. The number of carbonyl (C=O) groups is 2. The van der Waals surface area contributed by atoms with Crippen molar-refractivity contribution >= 4 is 46.4 Å². The molecule has 0 radical (unpaired) electrons. The Hall–Kier alpha value is -3.58. The minimum atomic E-state index is -0.979. The van der Waals surface area contributed by atoms with E-state index in [1.165, 1.54) is 4.90 Å². The molecule has 36 heavy (non-hydrogen) atoms. The summed E-state index contributed by atoms with van der Waals surface area (Å²) in [5, 5.41) is 2.60. The van der Waals surface area contributed by atoms with Crippen LogP contribution < -0.4 is 9.96 Å². The molecule has 0 bridgehead atoms. The van der Waals surface area contributed by atoms with Crippen LogP contribution in [0.4, 0.5) is 11.4 Å². The Labute approximate surface area is 217 Å². The molecule has 2 aliphatic rings. The molecule has 3 aromatic carbocycles. The number of nitrogens with zero attached hydrogens (tertiary/aromatic N) is 2. The zero-order valence-electron chi connectivity index (χ0n) is 19.1. The number of furan rings is 1. The Morgan fingerprint density at radius 3 is 2.31 bits per heavy atom. The SMILES string of the molecule is Cc1ccc(N2C(=O)[C@H]3[C@H](ON(c4ccccc4)[C@H]3c3ccc(-c4cc(Cl)ccc4Cl)o3)C2=O)cc1. The van der Waals surface area contributed by atoms with Crippen molar-refractivity contribution in [1.82, 2.24) is 0 Å². The summed E-state index contributed by atoms with van der Waals surface area (Å²) in [5.41, 5.74) is 2.89. The lowest BCUT2D eigenvalue weighted by atomic mass is 9.94. The van der Waals surface area contributed by atoms with Gasteiger partial charge in [0.1, 0.15) is 23.5 Å². The molecule has 3 heterocycles. The van der Waals surface area contributed by atoms with Crippen LogP contribution >= 0.6 is 23.2 Å². The van der Waals surface area contributed by atoms with Crippen LogP contribution in [0.25, 0.3) is 11.3 Å². The van der Waals surface area contributed by atoms with Gasteiger partial charge in [-0.3, -0.25) is 14.4 Å². The number of carbonyl (C=O) groups excluding carboxylic acids is 2. The van der Waals surface area contributed by atoms with E-state index < -0.39 is 24.0 Å². The van der Waals surface area contributed by atoms with Crippen molar-refractivity contribution in [2.45, 2.75) is 19.1 Å². The van der Waals surface area contributed by atoms with Gasteiger partial charge in [0.25, 0.3) is 5.91 Å². The maximum absolute atomic E-state index is 13.7. The molecule has 0 N–H and O–H groups in total. The molecule has 2 amide bonds. The van der Waals surface area contributed by atoms with Crippen molar-refractivity contribution in [3.8, 4) is 11.3 Å². The molecule has 8 heteroatoms. The molecule has 2 saturated heterocycles. The zero-order chi connectivity index (χ0) is 25.0. The summed E-state index contributed by atoms with van der Waals surface area (Å²) in [6.07, 6.45) is -0.979. The van der Waals surface area contributed by atoms with E-state index in [1.54, 1.807) is 47.5 Å². The number of benzene rings is 3. The van der Waals surface area contributed by atoms with E-state index in [0.29, 0.717) is 38.5 Å². The van der Waals surface area contributed by atoms with Crippen molar-refractivity contribution in [2.24, 2.45) is 5.92 Å². The van der Waals surface area contributed by atoms with Crippen molar-refractivity contribution in [3.05, 3.63) is 106 Å². The van der Waals surface area contributed by atoms with Crippen molar-refractivity contribution in [3.63, 3.8) is 0 Å². The third-order valence-corrected chi connectivity index (χ3v) is 7.10. The van der Waals surface area contributed by atoms with Gasteiger partial charge in [0, 0.05) is 10.6 Å². The lowest BCUT2D eigenvalue weighted by Crippen LogP contribution is -2.37. The van der Waals surface area contributed by atoms with E-state index in [-0.39, 0.29) is 5.91 Å². The van der Waals surface area contributed by atoms with Crippen LogP contribution in [0.15, 0.2) is 89.3 Å². The fraction of sp³-hybridized carbons (Fsp3) is 0.143. The topological polar surface area (TPSA) is 63.0 Å². The summed E-state index contributed by atoms with van der Waals surface area (Å²) in [7, 11) is 0. The van der Waals surface area contributed by atoms with Gasteiger partial charge in [0.15, 0.2) is 6.10 Å². The molecule has 180 valence electrons. The van der Waals surface area contributed by atoms with E-state index >= 15 is 0 Å². The maximum atomic E-state index is 13.7. The molecule has 6 rings (SSSR count). The highest BCUT2D eigenvalue weighted by atomic mass is 35.5. The van der Waals surface area contributed by atoms with E-state index in [2.05, 4.69) is 0 Å². The molecule has 1 aromatic heterocycles. The number of halogens is 2. The second kappa shape index (κ2) is 8.82. The molecule has 6 nitrogen and oxygen atoms in total. The molecule has 0 aliphatic carbocycles. The number of para-hydroxylation sites is 1. The number of aryl methyl sites for hydroxylation is 1. The van der Waals surface area contributed by atoms with Crippen LogP contribution in [0.3, 0.4) is 0 Å². The number of amides is 2. The first-order valence-corrected chi connectivity index (χ1v) is 12.2. The van der Waals surface area contributed by atoms with Gasteiger partial charge in [-0.25, -0.2) is 9.96 Å². The molecule has 0 saturated carbocycles. The fourth-order valence-corrected chi connectivity index (χ4v) is 5.18. The van der Waals surface area contributed by atoms with E-state index in [0.717, 1.165) is 5.56 Å². The Bertz CT molecular complexity index is 1470. The number of anilines is 2. The average Bonchev–Trinajstić information content (AvgIpc) is 3.57. The number of imide groups is 1. The van der Waals surface area contributed by atoms with Gasteiger partial charge in [-0.1, -0.05) is 59.1 Å². The normalized spacial score (nSPS) is 21.4. The van der Waals surface area contributed by atoms with Crippen molar-refractivity contribution < 1.29 is 18.8 Å². The highest BCUT2D eigenvalue weighted by molar-refractivity contribution is 6.35. The number of hydroxylamine groups is 1. The second-order valence-corrected chi connectivity index (χ2v) is 9.68. The molecular weight excluding hydrogens is 499 g/mol. The summed E-state index contributed by atoms with van der Waals surface area (Å²) in [4.78, 5) is 34.6. The number of rotatable bonds is 4. The van der Waals surface area contributed by atoms with Crippen molar-refractivity contribution in [1.29, 1.82) is 0 Å². The highest BCUT2D eigenvalue weighted by Gasteiger charge is 2.61. The third-order valence-electron chi connectivity index (χ3n) is 6.53. The largest absolute Gasteiger partial charge is 0.459 e. The monoisotopic (exact) mass is 518 g/mol. The third kappa shape index (κ3) is 3.69. The molecule has 4 aromatic rings. The first-order chi connectivity index (χ1) is 17.4. The Morgan fingerprint density at radius 1 is 0.806 bits per heavy atom. The van der Waals surface area contributed by atoms with Crippen LogP contribution in [0.1, 0.15) is 17.4 Å². The number of hydrogen-bond donors (Lipinski definition) is 0. The van der Waals surface area contributed by atoms with Crippen LogP contribution in [0.5, 0.6) is 0 Å². The predicted molar refractivity (Wildman–Crippen MR) is 138 cm³/mol. The van der Waals surface area contributed by atoms with Crippen LogP contribution in [-0.2, 0) is 14.4 Å². The maximum Gasteiger partial charge on any atom is 0.266 e. The summed E-state index contributed by atoms with van der Waals surface area (Å²) in [5.74, 6) is -0.559. The first kappa shape index (κ1) is 22.9.